The molecule has 1 N–H and O–H groups in total. The topological polar surface area (TPSA) is 75.4 Å². The van der Waals surface area contributed by atoms with E-state index in [4.69, 9.17) is 0 Å². The highest BCUT2D eigenvalue weighted by Crippen LogP contribution is 2.19. The number of thioether (sulfide) groups is 1. The molecular formula is C16H25N3O3S. The van der Waals surface area contributed by atoms with Crippen LogP contribution in [0.2, 0.25) is 0 Å². The summed E-state index contributed by atoms with van der Waals surface area (Å²) in [6.45, 7) is 6.16. The summed E-state index contributed by atoms with van der Waals surface area (Å²) in [5, 5.41) is 9.98. The zero-order valence-corrected chi connectivity index (χ0v) is 14.6. The van der Waals surface area contributed by atoms with Crippen LogP contribution in [0.25, 0.3) is 0 Å². The van der Waals surface area contributed by atoms with Crippen molar-refractivity contribution in [1.29, 1.82) is 0 Å². The van der Waals surface area contributed by atoms with Crippen molar-refractivity contribution in [3.05, 3.63) is 16.4 Å². The fourth-order valence-corrected chi connectivity index (χ4v) is 3.57. The largest absolute Gasteiger partial charge is 0.493 e. The number of carbonyl (C=O) groups excluding carboxylic acids is 1. The minimum Gasteiger partial charge on any atom is -0.493 e. The Hall–Kier alpha value is -1.50. The molecule has 2 heterocycles. The predicted molar refractivity (Wildman–Crippen MR) is 90.8 cm³/mol. The summed E-state index contributed by atoms with van der Waals surface area (Å²) in [6.07, 6.45) is 4.47. The van der Waals surface area contributed by atoms with E-state index in [2.05, 4.69) is 4.98 Å². The van der Waals surface area contributed by atoms with Crippen molar-refractivity contribution in [1.82, 2.24) is 14.5 Å². The van der Waals surface area contributed by atoms with E-state index in [1.54, 1.807) is 0 Å². The molecule has 0 saturated carbocycles. The standard InChI is InChI=1S/C16H25N3O3S/c1-12(2)10-19-14(21)9-13(20)17-16(19)23-11-15(22)18-7-5-3-4-6-8-18/h9,12,20H,3-8,10-11H2,1-2H3. The number of amides is 1. The molecule has 1 aliphatic heterocycles. The molecule has 1 aliphatic rings. The number of rotatable bonds is 5. The summed E-state index contributed by atoms with van der Waals surface area (Å²) >= 11 is 1.23. The third kappa shape index (κ3) is 5.27. The van der Waals surface area contributed by atoms with Crippen LogP contribution in [-0.2, 0) is 11.3 Å². The highest BCUT2D eigenvalue weighted by atomic mass is 32.2. The maximum Gasteiger partial charge on any atom is 0.257 e. The minimum absolute atomic E-state index is 0.0746. The van der Waals surface area contributed by atoms with E-state index in [-0.39, 0.29) is 29.0 Å². The molecule has 0 atom stereocenters. The Morgan fingerprint density at radius 2 is 1.96 bits per heavy atom. The van der Waals surface area contributed by atoms with Gasteiger partial charge in [0.05, 0.1) is 11.8 Å². The third-order valence-corrected chi connectivity index (χ3v) is 4.75. The number of likely N-dealkylation sites (tertiary alicyclic amines) is 1. The summed E-state index contributed by atoms with van der Waals surface area (Å²) in [4.78, 5) is 30.3. The number of aromatic nitrogens is 2. The average molecular weight is 339 g/mol. The molecule has 128 valence electrons. The van der Waals surface area contributed by atoms with Gasteiger partial charge >= 0.3 is 0 Å². The second-order valence-electron chi connectivity index (χ2n) is 6.32. The third-order valence-electron chi connectivity index (χ3n) is 3.79. The Labute approximate surface area is 140 Å². The molecule has 0 radical (unpaired) electrons. The van der Waals surface area contributed by atoms with Gasteiger partial charge in [-0.1, -0.05) is 38.5 Å². The Morgan fingerprint density at radius 1 is 1.30 bits per heavy atom. The predicted octanol–water partition coefficient (Wildman–Crippen LogP) is 2.10. The van der Waals surface area contributed by atoms with E-state index in [9.17, 15) is 14.7 Å². The van der Waals surface area contributed by atoms with Gasteiger partial charge in [-0.05, 0) is 18.8 Å². The zero-order valence-electron chi connectivity index (χ0n) is 13.8. The summed E-state index contributed by atoms with van der Waals surface area (Å²) in [5.41, 5.74) is -0.282. The SMILES string of the molecule is CC(C)Cn1c(SCC(=O)N2CCCCCC2)nc(O)cc1=O. The summed E-state index contributed by atoms with van der Waals surface area (Å²) in [5.74, 6) is 0.304. The Balaban J connectivity index is 2.06. The second-order valence-corrected chi connectivity index (χ2v) is 7.27. The van der Waals surface area contributed by atoms with Gasteiger partial charge in [-0.2, -0.15) is 4.98 Å². The van der Waals surface area contributed by atoms with Crippen LogP contribution in [0, 0.1) is 5.92 Å². The van der Waals surface area contributed by atoms with Gasteiger partial charge in [-0.25, -0.2) is 0 Å². The van der Waals surface area contributed by atoms with Crippen LogP contribution in [0.4, 0.5) is 0 Å². The van der Waals surface area contributed by atoms with E-state index in [1.165, 1.54) is 29.2 Å². The second kappa shape index (κ2) is 8.38. The highest BCUT2D eigenvalue weighted by Gasteiger charge is 2.18. The first-order valence-electron chi connectivity index (χ1n) is 8.19. The zero-order chi connectivity index (χ0) is 16.8. The number of hydrogen-bond donors (Lipinski definition) is 1. The van der Waals surface area contributed by atoms with Gasteiger partial charge in [0.15, 0.2) is 5.16 Å². The smallest absolute Gasteiger partial charge is 0.257 e. The van der Waals surface area contributed by atoms with Gasteiger partial charge in [0.1, 0.15) is 0 Å². The fourth-order valence-electron chi connectivity index (χ4n) is 2.65. The van der Waals surface area contributed by atoms with E-state index in [1.807, 2.05) is 18.7 Å². The monoisotopic (exact) mass is 339 g/mol. The molecular weight excluding hydrogens is 314 g/mol. The molecule has 7 heteroatoms. The van der Waals surface area contributed by atoms with Crippen LogP contribution in [0.1, 0.15) is 39.5 Å². The number of hydrogen-bond acceptors (Lipinski definition) is 5. The summed E-state index contributed by atoms with van der Waals surface area (Å²) in [7, 11) is 0. The van der Waals surface area contributed by atoms with Crippen molar-refractivity contribution in [2.45, 2.75) is 51.2 Å². The summed E-state index contributed by atoms with van der Waals surface area (Å²) in [6, 6.07) is 1.11. The van der Waals surface area contributed by atoms with Gasteiger partial charge in [0.25, 0.3) is 5.56 Å². The molecule has 0 spiro atoms. The van der Waals surface area contributed by atoms with Gasteiger partial charge in [0.2, 0.25) is 11.8 Å². The van der Waals surface area contributed by atoms with Gasteiger partial charge in [0, 0.05) is 19.6 Å². The molecule has 0 bridgehead atoms. The molecule has 1 amide bonds. The first kappa shape index (κ1) is 17.8. The molecule has 1 aromatic rings. The normalized spacial score (nSPS) is 15.7. The minimum atomic E-state index is -0.292. The molecule has 0 unspecified atom stereocenters. The number of aromatic hydroxyl groups is 1. The van der Waals surface area contributed by atoms with E-state index in [0.717, 1.165) is 32.0 Å². The maximum atomic E-state index is 12.4. The summed E-state index contributed by atoms with van der Waals surface area (Å²) < 4.78 is 1.53. The van der Waals surface area contributed by atoms with Crippen molar-refractivity contribution in [3.8, 4) is 5.88 Å². The molecule has 1 saturated heterocycles. The average Bonchev–Trinajstić information content (AvgIpc) is 2.76. The number of carbonyl (C=O) groups is 1. The molecule has 0 aliphatic carbocycles. The van der Waals surface area contributed by atoms with Crippen LogP contribution < -0.4 is 5.56 Å². The Morgan fingerprint density at radius 3 is 2.57 bits per heavy atom. The van der Waals surface area contributed by atoms with E-state index in [0.29, 0.717) is 11.7 Å². The lowest BCUT2D eigenvalue weighted by molar-refractivity contribution is -0.128. The maximum absolute atomic E-state index is 12.4. The van der Waals surface area contributed by atoms with Crippen molar-refractivity contribution in [2.24, 2.45) is 5.92 Å². The van der Waals surface area contributed by atoms with Crippen LogP contribution >= 0.6 is 11.8 Å². The first-order chi connectivity index (χ1) is 11.0. The lowest BCUT2D eigenvalue weighted by atomic mass is 10.2. The van der Waals surface area contributed by atoms with E-state index >= 15 is 0 Å². The van der Waals surface area contributed by atoms with Crippen molar-refractivity contribution < 1.29 is 9.90 Å². The van der Waals surface area contributed by atoms with E-state index < -0.39 is 0 Å². The quantitative estimate of drug-likeness (QED) is 0.657. The lowest BCUT2D eigenvalue weighted by Crippen LogP contribution is -2.33. The molecule has 23 heavy (non-hydrogen) atoms. The molecule has 2 rings (SSSR count). The molecule has 6 nitrogen and oxygen atoms in total. The first-order valence-corrected chi connectivity index (χ1v) is 9.17. The van der Waals surface area contributed by atoms with Crippen molar-refractivity contribution in [3.63, 3.8) is 0 Å². The van der Waals surface area contributed by atoms with Crippen molar-refractivity contribution in [2.75, 3.05) is 18.8 Å². The van der Waals surface area contributed by atoms with Gasteiger partial charge in [-0.3, -0.25) is 14.2 Å². The molecule has 1 aromatic heterocycles. The highest BCUT2D eigenvalue weighted by molar-refractivity contribution is 7.99. The Kier molecular flexibility index (Phi) is 6.50. The van der Waals surface area contributed by atoms with Crippen LogP contribution in [0.3, 0.4) is 0 Å². The van der Waals surface area contributed by atoms with Gasteiger partial charge < -0.3 is 10.0 Å². The van der Waals surface area contributed by atoms with Crippen molar-refractivity contribution >= 4 is 17.7 Å². The number of nitrogens with zero attached hydrogens (tertiary/aromatic N) is 3. The molecule has 0 aromatic carbocycles. The lowest BCUT2D eigenvalue weighted by Gasteiger charge is -2.20. The van der Waals surface area contributed by atoms with Crippen LogP contribution in [-0.4, -0.2) is 44.3 Å². The van der Waals surface area contributed by atoms with Crippen LogP contribution in [0.15, 0.2) is 16.0 Å². The van der Waals surface area contributed by atoms with Gasteiger partial charge in [-0.15, -0.1) is 0 Å². The Bertz CT molecular complexity index is 593. The molecule has 1 fully saturated rings. The fraction of sp³-hybridized carbons (Fsp3) is 0.688. The van der Waals surface area contributed by atoms with Crippen LogP contribution in [0.5, 0.6) is 5.88 Å².